The number of allylic oxidation sites excluding steroid dienone is 1. The number of Topliss-reactive ketones (excluding diaryl/α,β-unsaturated/α-hetero) is 2. The third kappa shape index (κ3) is 8.63. The maximum atomic E-state index is 12.2. The molecule has 0 saturated heterocycles. The lowest BCUT2D eigenvalue weighted by atomic mass is 9.88. The van der Waals surface area contributed by atoms with E-state index in [1.165, 1.54) is 7.11 Å². The normalized spacial score (nSPS) is 24.0. The van der Waals surface area contributed by atoms with Gasteiger partial charge in [-0.2, -0.15) is 0 Å². The summed E-state index contributed by atoms with van der Waals surface area (Å²) in [5.74, 6) is -1.62. The van der Waals surface area contributed by atoms with E-state index in [9.17, 15) is 24.6 Å². The van der Waals surface area contributed by atoms with Crippen LogP contribution in [0.25, 0.3) is 0 Å². The molecule has 152 valence electrons. The van der Waals surface area contributed by atoms with Crippen molar-refractivity contribution in [2.75, 3.05) is 7.11 Å². The van der Waals surface area contributed by atoms with Crippen molar-refractivity contribution in [1.29, 1.82) is 0 Å². The van der Waals surface area contributed by atoms with Crippen molar-refractivity contribution < 1.29 is 29.3 Å². The van der Waals surface area contributed by atoms with Crippen molar-refractivity contribution in [3.8, 4) is 0 Å². The lowest BCUT2D eigenvalue weighted by molar-refractivity contribution is -0.139. The summed E-state index contributed by atoms with van der Waals surface area (Å²) in [6.45, 7) is 2.09. The lowest BCUT2D eigenvalue weighted by Gasteiger charge is -2.17. The Balaban J connectivity index is 2.56. The van der Waals surface area contributed by atoms with E-state index in [4.69, 9.17) is 0 Å². The number of carbonyl (C=O) groups excluding carboxylic acids is 3. The Labute approximate surface area is 161 Å². The van der Waals surface area contributed by atoms with Crippen LogP contribution in [0, 0.1) is 11.8 Å². The zero-order chi connectivity index (χ0) is 20.2. The monoisotopic (exact) mass is 380 g/mol. The van der Waals surface area contributed by atoms with Crippen molar-refractivity contribution in [3.05, 3.63) is 24.3 Å². The SMILES string of the molecule is CCCCCC(O)/C=C/[C@H]1C(O)CC(=O)[C@@H]1CC(=O)C/C=C/CC(=O)OC. The zero-order valence-electron chi connectivity index (χ0n) is 16.3. The van der Waals surface area contributed by atoms with Crippen molar-refractivity contribution in [1.82, 2.24) is 0 Å². The molecule has 0 spiro atoms. The number of carbonyl (C=O) groups is 3. The van der Waals surface area contributed by atoms with Crippen molar-refractivity contribution in [2.24, 2.45) is 11.8 Å². The number of esters is 1. The van der Waals surface area contributed by atoms with Gasteiger partial charge >= 0.3 is 5.97 Å². The van der Waals surface area contributed by atoms with Crippen LogP contribution >= 0.6 is 0 Å². The van der Waals surface area contributed by atoms with E-state index in [0.717, 1.165) is 19.3 Å². The highest BCUT2D eigenvalue weighted by Crippen LogP contribution is 2.33. The molecule has 0 amide bonds. The van der Waals surface area contributed by atoms with Crippen LogP contribution in [-0.2, 0) is 19.1 Å². The summed E-state index contributed by atoms with van der Waals surface area (Å²) in [5, 5.41) is 20.1. The number of hydrogen-bond donors (Lipinski definition) is 2. The van der Waals surface area contributed by atoms with E-state index in [0.29, 0.717) is 6.42 Å². The molecule has 6 nitrogen and oxygen atoms in total. The summed E-state index contributed by atoms with van der Waals surface area (Å²) in [7, 11) is 1.30. The summed E-state index contributed by atoms with van der Waals surface area (Å²) >= 11 is 0. The van der Waals surface area contributed by atoms with E-state index < -0.39 is 24.0 Å². The minimum Gasteiger partial charge on any atom is -0.469 e. The number of hydrogen-bond acceptors (Lipinski definition) is 6. The highest BCUT2D eigenvalue weighted by atomic mass is 16.5. The summed E-state index contributed by atoms with van der Waals surface area (Å²) in [4.78, 5) is 35.3. The molecule has 1 saturated carbocycles. The van der Waals surface area contributed by atoms with E-state index in [2.05, 4.69) is 11.7 Å². The van der Waals surface area contributed by atoms with Crippen LogP contribution in [0.5, 0.6) is 0 Å². The number of aliphatic hydroxyl groups excluding tert-OH is 2. The van der Waals surface area contributed by atoms with E-state index >= 15 is 0 Å². The van der Waals surface area contributed by atoms with E-state index in [-0.39, 0.29) is 43.2 Å². The van der Waals surface area contributed by atoms with Gasteiger partial charge in [0.2, 0.25) is 0 Å². The number of rotatable bonds is 12. The van der Waals surface area contributed by atoms with E-state index in [1.54, 1.807) is 24.3 Å². The fourth-order valence-corrected chi connectivity index (χ4v) is 3.25. The first kappa shape index (κ1) is 23.2. The van der Waals surface area contributed by atoms with Gasteiger partial charge in [-0.05, 0) is 6.42 Å². The Morgan fingerprint density at radius 1 is 1.26 bits per heavy atom. The van der Waals surface area contributed by atoms with Gasteiger partial charge in [0.15, 0.2) is 0 Å². The summed E-state index contributed by atoms with van der Waals surface area (Å²) in [6.07, 6.45) is 9.10. The Morgan fingerprint density at radius 2 is 1.96 bits per heavy atom. The van der Waals surface area contributed by atoms with Crippen LogP contribution in [0.3, 0.4) is 0 Å². The first-order valence-corrected chi connectivity index (χ1v) is 9.69. The lowest BCUT2D eigenvalue weighted by Crippen LogP contribution is -2.22. The Kier molecular flexibility index (Phi) is 10.8. The minimum atomic E-state index is -0.816. The van der Waals surface area contributed by atoms with Gasteiger partial charge in [-0.15, -0.1) is 0 Å². The van der Waals surface area contributed by atoms with Crippen LogP contribution in [0.4, 0.5) is 0 Å². The highest BCUT2D eigenvalue weighted by molar-refractivity contribution is 5.90. The maximum absolute atomic E-state index is 12.2. The molecule has 4 atom stereocenters. The predicted octanol–water partition coefficient (Wildman–Crippen LogP) is 2.52. The number of methoxy groups -OCH3 is 1. The molecule has 1 aliphatic rings. The van der Waals surface area contributed by atoms with Gasteiger partial charge in [0, 0.05) is 31.1 Å². The molecule has 0 radical (unpaired) electrons. The summed E-state index contributed by atoms with van der Waals surface area (Å²) in [5.41, 5.74) is 0. The molecule has 2 unspecified atom stereocenters. The zero-order valence-corrected chi connectivity index (χ0v) is 16.3. The molecule has 1 aliphatic carbocycles. The second-order valence-electron chi connectivity index (χ2n) is 7.07. The van der Waals surface area contributed by atoms with Crippen LogP contribution in [0.2, 0.25) is 0 Å². The molecular formula is C21H32O6. The third-order valence-corrected chi connectivity index (χ3v) is 4.86. The van der Waals surface area contributed by atoms with Gasteiger partial charge in [0.25, 0.3) is 0 Å². The van der Waals surface area contributed by atoms with Crippen LogP contribution in [0.1, 0.15) is 58.3 Å². The van der Waals surface area contributed by atoms with Gasteiger partial charge in [0.05, 0.1) is 25.7 Å². The average Bonchev–Trinajstić information content (AvgIpc) is 2.89. The number of ketones is 2. The van der Waals surface area contributed by atoms with Crippen LogP contribution in [-0.4, -0.2) is 47.1 Å². The Morgan fingerprint density at radius 3 is 2.63 bits per heavy atom. The van der Waals surface area contributed by atoms with Gasteiger partial charge < -0.3 is 14.9 Å². The molecular weight excluding hydrogens is 348 g/mol. The highest BCUT2D eigenvalue weighted by Gasteiger charge is 2.40. The standard InChI is InChI=1S/C21H32O6/c1-3-4-5-8-15(22)11-12-17-18(20(25)14-19(17)24)13-16(23)9-6-7-10-21(26)27-2/h6-7,11-12,15,17-19,22,24H,3-5,8-10,13-14H2,1-2H3/b7-6+,12-11+/t15?,17-,18-,19?/m1/s1. The molecule has 0 aromatic heterocycles. The summed E-state index contributed by atoms with van der Waals surface area (Å²) in [6, 6.07) is 0. The molecule has 2 N–H and O–H groups in total. The van der Waals surface area contributed by atoms with Crippen molar-refractivity contribution in [3.63, 3.8) is 0 Å². The molecule has 1 fully saturated rings. The maximum Gasteiger partial charge on any atom is 0.309 e. The molecule has 0 aromatic rings. The first-order chi connectivity index (χ1) is 12.9. The number of aliphatic hydroxyl groups is 2. The first-order valence-electron chi connectivity index (χ1n) is 9.69. The van der Waals surface area contributed by atoms with Gasteiger partial charge in [-0.25, -0.2) is 0 Å². The second kappa shape index (κ2) is 12.6. The fraction of sp³-hybridized carbons (Fsp3) is 0.667. The van der Waals surface area contributed by atoms with E-state index in [1.807, 2.05) is 0 Å². The number of unbranched alkanes of at least 4 members (excludes halogenated alkanes) is 2. The Hall–Kier alpha value is -1.79. The Bertz CT molecular complexity index is 551. The van der Waals surface area contributed by atoms with Gasteiger partial charge in [-0.3, -0.25) is 14.4 Å². The van der Waals surface area contributed by atoms with Gasteiger partial charge in [-0.1, -0.05) is 50.5 Å². The quantitative estimate of drug-likeness (QED) is 0.306. The van der Waals surface area contributed by atoms with Gasteiger partial charge in [0.1, 0.15) is 11.6 Å². The minimum absolute atomic E-state index is 0.0388. The molecule has 0 bridgehead atoms. The largest absolute Gasteiger partial charge is 0.469 e. The fourth-order valence-electron chi connectivity index (χ4n) is 3.25. The number of ether oxygens (including phenoxy) is 1. The van der Waals surface area contributed by atoms with Crippen LogP contribution in [0.15, 0.2) is 24.3 Å². The topological polar surface area (TPSA) is 101 Å². The molecule has 1 rings (SSSR count). The van der Waals surface area contributed by atoms with Crippen molar-refractivity contribution in [2.45, 2.75) is 70.5 Å². The molecule has 27 heavy (non-hydrogen) atoms. The second-order valence-corrected chi connectivity index (χ2v) is 7.07. The third-order valence-electron chi connectivity index (χ3n) is 4.86. The molecule has 6 heteroatoms. The average molecular weight is 380 g/mol. The predicted molar refractivity (Wildman–Crippen MR) is 102 cm³/mol. The smallest absolute Gasteiger partial charge is 0.309 e. The van der Waals surface area contributed by atoms with Crippen LogP contribution < -0.4 is 0 Å². The molecule has 0 aromatic carbocycles. The molecule has 0 aliphatic heterocycles. The molecule has 0 heterocycles. The summed E-state index contributed by atoms with van der Waals surface area (Å²) < 4.78 is 4.51. The van der Waals surface area contributed by atoms with Crippen molar-refractivity contribution >= 4 is 17.5 Å².